The number of sulfonamides is 1. The molecule has 0 atom stereocenters. The van der Waals surface area contributed by atoms with Crippen molar-refractivity contribution in [2.75, 3.05) is 4.72 Å². The molecule has 0 aromatic heterocycles. The van der Waals surface area contributed by atoms with Gasteiger partial charge in [0.05, 0.1) is 4.90 Å². The van der Waals surface area contributed by atoms with Crippen LogP contribution in [0.2, 0.25) is 0 Å². The molecular weight excluding hydrogens is 306 g/mol. The molecule has 4 heteroatoms. The van der Waals surface area contributed by atoms with Gasteiger partial charge in [0.2, 0.25) is 0 Å². The highest BCUT2D eigenvalue weighted by molar-refractivity contribution is 7.92. The van der Waals surface area contributed by atoms with Crippen LogP contribution in [-0.4, -0.2) is 8.42 Å². The number of nitrogens with one attached hydrogen (secondary N) is 1. The van der Waals surface area contributed by atoms with E-state index in [0.29, 0.717) is 10.6 Å². The Kier molecular flexibility index (Phi) is 4.58. The van der Waals surface area contributed by atoms with Crippen molar-refractivity contribution in [2.24, 2.45) is 0 Å². The van der Waals surface area contributed by atoms with E-state index in [2.05, 4.69) is 25.5 Å². The van der Waals surface area contributed by atoms with Crippen molar-refractivity contribution in [3.63, 3.8) is 0 Å². The van der Waals surface area contributed by atoms with Gasteiger partial charge in [-0.1, -0.05) is 45.0 Å². The van der Waals surface area contributed by atoms with Gasteiger partial charge in [-0.25, -0.2) is 8.42 Å². The van der Waals surface area contributed by atoms with Crippen LogP contribution in [0.4, 0.5) is 5.69 Å². The molecule has 2 aromatic rings. The van der Waals surface area contributed by atoms with Gasteiger partial charge in [-0.15, -0.1) is 0 Å². The zero-order valence-corrected chi connectivity index (χ0v) is 15.5. The molecule has 0 fully saturated rings. The summed E-state index contributed by atoms with van der Waals surface area (Å²) in [7, 11) is -3.60. The van der Waals surface area contributed by atoms with Crippen LogP contribution in [0, 0.1) is 20.8 Å². The van der Waals surface area contributed by atoms with Gasteiger partial charge in [0.15, 0.2) is 0 Å². The maximum atomic E-state index is 12.8. The standard InChI is InChI=1S/C19H25NO2S/c1-13-8-7-9-17(10-13)20-23(21,22)18-14(2)11-16(12-15(18)3)19(4,5)6/h7-12,20H,1-6H3. The van der Waals surface area contributed by atoms with Crippen LogP contribution < -0.4 is 4.72 Å². The van der Waals surface area contributed by atoms with Crippen molar-refractivity contribution in [1.82, 2.24) is 0 Å². The Bertz CT molecular complexity index is 808. The monoisotopic (exact) mass is 331 g/mol. The molecule has 0 spiro atoms. The molecule has 0 bridgehead atoms. The Balaban J connectivity index is 2.48. The second kappa shape index (κ2) is 6.00. The van der Waals surface area contributed by atoms with Crippen molar-refractivity contribution in [3.05, 3.63) is 58.7 Å². The van der Waals surface area contributed by atoms with E-state index in [9.17, 15) is 8.42 Å². The first-order chi connectivity index (χ1) is 10.5. The third kappa shape index (κ3) is 3.94. The normalized spacial score (nSPS) is 12.3. The summed E-state index contributed by atoms with van der Waals surface area (Å²) in [6.07, 6.45) is 0. The minimum absolute atomic E-state index is 0.0121. The summed E-state index contributed by atoms with van der Waals surface area (Å²) < 4.78 is 28.3. The lowest BCUT2D eigenvalue weighted by atomic mass is 9.85. The fourth-order valence-corrected chi connectivity index (χ4v) is 4.23. The molecule has 0 aliphatic carbocycles. The highest BCUT2D eigenvalue weighted by Crippen LogP contribution is 2.30. The molecule has 3 nitrogen and oxygen atoms in total. The Morgan fingerprint density at radius 2 is 1.48 bits per heavy atom. The summed E-state index contributed by atoms with van der Waals surface area (Å²) in [5, 5.41) is 0. The van der Waals surface area contributed by atoms with E-state index in [1.54, 1.807) is 6.07 Å². The van der Waals surface area contributed by atoms with Crippen LogP contribution in [0.5, 0.6) is 0 Å². The van der Waals surface area contributed by atoms with Crippen molar-refractivity contribution < 1.29 is 8.42 Å². The minimum Gasteiger partial charge on any atom is -0.280 e. The molecule has 0 saturated carbocycles. The summed E-state index contributed by atoms with van der Waals surface area (Å²) in [6.45, 7) is 12.0. The highest BCUT2D eigenvalue weighted by atomic mass is 32.2. The molecule has 0 saturated heterocycles. The Morgan fingerprint density at radius 1 is 0.913 bits per heavy atom. The topological polar surface area (TPSA) is 46.2 Å². The van der Waals surface area contributed by atoms with Crippen molar-refractivity contribution >= 4 is 15.7 Å². The Labute approximate surface area is 139 Å². The smallest absolute Gasteiger partial charge is 0.262 e. The quantitative estimate of drug-likeness (QED) is 0.885. The van der Waals surface area contributed by atoms with Gasteiger partial charge in [0.1, 0.15) is 0 Å². The highest BCUT2D eigenvalue weighted by Gasteiger charge is 2.23. The van der Waals surface area contributed by atoms with Crippen LogP contribution in [0.1, 0.15) is 43.0 Å². The zero-order chi connectivity index (χ0) is 17.4. The number of anilines is 1. The minimum atomic E-state index is -3.60. The first-order valence-corrected chi connectivity index (χ1v) is 9.20. The van der Waals surface area contributed by atoms with E-state index in [4.69, 9.17) is 0 Å². The van der Waals surface area contributed by atoms with Crippen molar-refractivity contribution in [1.29, 1.82) is 0 Å². The van der Waals surface area contributed by atoms with Gasteiger partial charge in [0, 0.05) is 5.69 Å². The molecule has 2 rings (SSSR count). The predicted octanol–water partition coefficient (Wildman–Crippen LogP) is 4.71. The second-order valence-electron chi connectivity index (χ2n) is 7.16. The summed E-state index contributed by atoms with van der Waals surface area (Å²) >= 11 is 0. The van der Waals surface area contributed by atoms with Crippen LogP contribution in [-0.2, 0) is 15.4 Å². The van der Waals surface area contributed by atoms with Gasteiger partial charge < -0.3 is 0 Å². The third-order valence-electron chi connectivity index (χ3n) is 3.87. The van der Waals surface area contributed by atoms with Crippen molar-refractivity contribution in [2.45, 2.75) is 51.9 Å². The predicted molar refractivity (Wildman–Crippen MR) is 96.6 cm³/mol. The molecule has 2 aromatic carbocycles. The Morgan fingerprint density at radius 3 is 1.96 bits per heavy atom. The molecule has 1 N–H and O–H groups in total. The first kappa shape index (κ1) is 17.5. The number of benzene rings is 2. The summed E-state index contributed by atoms with van der Waals surface area (Å²) in [6, 6.07) is 11.3. The third-order valence-corrected chi connectivity index (χ3v) is 5.55. The average molecular weight is 331 g/mol. The van der Waals surface area contributed by atoms with Crippen LogP contribution in [0.15, 0.2) is 41.3 Å². The fourth-order valence-electron chi connectivity index (χ4n) is 2.72. The van der Waals surface area contributed by atoms with E-state index in [-0.39, 0.29) is 5.41 Å². The van der Waals surface area contributed by atoms with E-state index in [0.717, 1.165) is 22.3 Å². The van der Waals surface area contributed by atoms with Gasteiger partial charge in [-0.05, 0) is 60.6 Å². The van der Waals surface area contributed by atoms with Gasteiger partial charge >= 0.3 is 0 Å². The molecule has 0 aliphatic rings. The molecule has 0 heterocycles. The number of aryl methyl sites for hydroxylation is 3. The van der Waals surface area contributed by atoms with Gasteiger partial charge in [-0.2, -0.15) is 0 Å². The largest absolute Gasteiger partial charge is 0.280 e. The Hall–Kier alpha value is -1.81. The SMILES string of the molecule is Cc1cccc(NS(=O)(=O)c2c(C)cc(C(C)(C)C)cc2C)c1. The van der Waals surface area contributed by atoms with Crippen LogP contribution in [0.3, 0.4) is 0 Å². The number of hydrogen-bond donors (Lipinski definition) is 1. The van der Waals surface area contributed by atoms with Gasteiger partial charge in [0.25, 0.3) is 10.0 Å². The summed E-state index contributed by atoms with van der Waals surface area (Å²) in [4.78, 5) is 0.368. The molecule has 23 heavy (non-hydrogen) atoms. The molecule has 0 radical (unpaired) electrons. The summed E-state index contributed by atoms with van der Waals surface area (Å²) in [5.74, 6) is 0. The van der Waals surface area contributed by atoms with Crippen molar-refractivity contribution in [3.8, 4) is 0 Å². The van der Waals surface area contributed by atoms with Gasteiger partial charge in [-0.3, -0.25) is 4.72 Å². The molecule has 0 amide bonds. The maximum absolute atomic E-state index is 12.8. The second-order valence-corrected chi connectivity index (χ2v) is 8.78. The molecule has 0 unspecified atom stereocenters. The lowest BCUT2D eigenvalue weighted by Crippen LogP contribution is -2.18. The maximum Gasteiger partial charge on any atom is 0.262 e. The number of rotatable bonds is 3. The average Bonchev–Trinajstić information content (AvgIpc) is 2.35. The molecule has 0 aliphatic heterocycles. The lowest BCUT2D eigenvalue weighted by Gasteiger charge is -2.22. The molecular formula is C19H25NO2S. The van der Waals surface area contributed by atoms with Crippen LogP contribution >= 0.6 is 0 Å². The van der Waals surface area contributed by atoms with E-state index in [1.807, 2.05) is 51.1 Å². The molecule has 124 valence electrons. The number of hydrogen-bond acceptors (Lipinski definition) is 2. The zero-order valence-electron chi connectivity index (χ0n) is 14.7. The van der Waals surface area contributed by atoms with Crippen LogP contribution in [0.25, 0.3) is 0 Å². The fraction of sp³-hybridized carbons (Fsp3) is 0.368. The first-order valence-electron chi connectivity index (χ1n) is 7.72. The van der Waals surface area contributed by atoms with E-state index < -0.39 is 10.0 Å². The summed E-state index contributed by atoms with van der Waals surface area (Å²) in [5.41, 5.74) is 4.28. The van der Waals surface area contributed by atoms with E-state index >= 15 is 0 Å². The van der Waals surface area contributed by atoms with E-state index in [1.165, 1.54) is 0 Å². The lowest BCUT2D eigenvalue weighted by molar-refractivity contribution is 0.585.